The lowest BCUT2D eigenvalue weighted by Gasteiger charge is -2.10. The predicted octanol–water partition coefficient (Wildman–Crippen LogP) is 2.35. The molecule has 2 rings (SSSR count). The van der Waals surface area contributed by atoms with Gasteiger partial charge >= 0.3 is 0 Å². The predicted molar refractivity (Wildman–Crippen MR) is 80.9 cm³/mol. The van der Waals surface area contributed by atoms with E-state index < -0.39 is 12.6 Å². The van der Waals surface area contributed by atoms with Crippen LogP contribution in [-0.2, 0) is 0 Å². The number of rotatable bonds is 6. The molecule has 2 unspecified atom stereocenters. The molecule has 0 aliphatic heterocycles. The third-order valence-electron chi connectivity index (χ3n) is 2.85. The monoisotopic (exact) mass is 302 g/mol. The Kier molecular flexibility index (Phi) is 5.14. The van der Waals surface area contributed by atoms with E-state index in [1.807, 2.05) is 0 Å². The van der Waals surface area contributed by atoms with Gasteiger partial charge in [-0.2, -0.15) is 0 Å². The molecule has 5 nitrogen and oxygen atoms in total. The zero-order valence-corrected chi connectivity index (χ0v) is 12.4. The highest BCUT2D eigenvalue weighted by Gasteiger charge is 2.10. The SMILES string of the molecule is CC(O)Oc1ccc(C(=O)c2ccc(OC(C)O)cc2)cc1. The van der Waals surface area contributed by atoms with Gasteiger partial charge in [-0.15, -0.1) is 0 Å². The van der Waals surface area contributed by atoms with Crippen molar-refractivity contribution in [1.82, 2.24) is 0 Å². The van der Waals surface area contributed by atoms with Crippen molar-refractivity contribution in [2.75, 3.05) is 0 Å². The molecule has 0 radical (unpaired) electrons. The molecule has 2 aromatic rings. The minimum absolute atomic E-state index is 0.132. The fourth-order valence-electron chi connectivity index (χ4n) is 1.93. The Morgan fingerprint density at radius 2 is 1.09 bits per heavy atom. The first-order valence-corrected chi connectivity index (χ1v) is 6.90. The fourth-order valence-corrected chi connectivity index (χ4v) is 1.93. The second-order valence-electron chi connectivity index (χ2n) is 4.81. The van der Waals surface area contributed by atoms with E-state index in [1.165, 1.54) is 13.8 Å². The third kappa shape index (κ3) is 4.31. The van der Waals surface area contributed by atoms with Crippen molar-refractivity contribution in [2.45, 2.75) is 26.4 Å². The number of ketones is 1. The van der Waals surface area contributed by atoms with Crippen LogP contribution >= 0.6 is 0 Å². The number of carbonyl (C=O) groups is 1. The van der Waals surface area contributed by atoms with Crippen LogP contribution in [0.2, 0.25) is 0 Å². The van der Waals surface area contributed by atoms with Crippen molar-refractivity contribution < 1.29 is 24.5 Å². The molecule has 2 aromatic carbocycles. The van der Waals surface area contributed by atoms with Crippen LogP contribution < -0.4 is 9.47 Å². The summed E-state index contributed by atoms with van der Waals surface area (Å²) in [5.41, 5.74) is 1.03. The van der Waals surface area contributed by atoms with E-state index in [2.05, 4.69) is 0 Å². The molecular formula is C17H18O5. The molecule has 0 bridgehead atoms. The van der Waals surface area contributed by atoms with Crippen LogP contribution in [0.25, 0.3) is 0 Å². The highest BCUT2D eigenvalue weighted by Crippen LogP contribution is 2.18. The van der Waals surface area contributed by atoms with Crippen LogP contribution in [0.5, 0.6) is 11.5 Å². The highest BCUT2D eigenvalue weighted by molar-refractivity contribution is 6.09. The highest BCUT2D eigenvalue weighted by atomic mass is 16.6. The van der Waals surface area contributed by atoms with Crippen molar-refractivity contribution in [3.63, 3.8) is 0 Å². The van der Waals surface area contributed by atoms with Gasteiger partial charge in [-0.25, -0.2) is 0 Å². The summed E-state index contributed by atoms with van der Waals surface area (Å²) in [5, 5.41) is 18.3. The summed E-state index contributed by atoms with van der Waals surface area (Å²) in [6, 6.07) is 13.1. The maximum absolute atomic E-state index is 12.3. The minimum Gasteiger partial charge on any atom is -0.465 e. The molecule has 0 aliphatic carbocycles. The number of ether oxygens (including phenoxy) is 2. The van der Waals surface area contributed by atoms with Gasteiger partial charge in [-0.05, 0) is 62.4 Å². The summed E-state index contributed by atoms with van der Waals surface area (Å²) >= 11 is 0. The number of benzene rings is 2. The minimum atomic E-state index is -0.900. The van der Waals surface area contributed by atoms with Gasteiger partial charge in [0.15, 0.2) is 18.4 Å². The van der Waals surface area contributed by atoms with Gasteiger partial charge in [0.25, 0.3) is 0 Å². The molecule has 0 heterocycles. The van der Waals surface area contributed by atoms with Crippen LogP contribution in [0.15, 0.2) is 48.5 Å². The Bertz CT molecular complexity index is 559. The molecule has 2 atom stereocenters. The number of carbonyl (C=O) groups excluding carboxylic acids is 1. The lowest BCUT2D eigenvalue weighted by molar-refractivity contribution is -0.000873. The Morgan fingerprint density at radius 3 is 1.36 bits per heavy atom. The van der Waals surface area contributed by atoms with Gasteiger partial charge in [0.2, 0.25) is 0 Å². The van der Waals surface area contributed by atoms with Crippen LogP contribution in [0.4, 0.5) is 0 Å². The standard InChI is InChI=1S/C17H18O5/c1-11(18)21-15-7-3-13(4-8-15)17(20)14-5-9-16(10-6-14)22-12(2)19/h3-12,18-19H,1-2H3. The first-order chi connectivity index (χ1) is 10.5. The zero-order valence-electron chi connectivity index (χ0n) is 12.4. The van der Waals surface area contributed by atoms with Crippen molar-refractivity contribution in [3.8, 4) is 11.5 Å². The van der Waals surface area contributed by atoms with Gasteiger partial charge in [0, 0.05) is 11.1 Å². The van der Waals surface area contributed by atoms with Crippen LogP contribution in [-0.4, -0.2) is 28.6 Å². The van der Waals surface area contributed by atoms with Gasteiger partial charge in [0.1, 0.15) is 11.5 Å². The number of aliphatic hydroxyl groups is 2. The summed E-state index contributed by atoms with van der Waals surface area (Å²) < 4.78 is 10.2. The van der Waals surface area contributed by atoms with Gasteiger partial charge in [-0.1, -0.05) is 0 Å². The Labute approximate surface area is 128 Å². The summed E-state index contributed by atoms with van der Waals surface area (Å²) in [4.78, 5) is 12.3. The average molecular weight is 302 g/mol. The van der Waals surface area contributed by atoms with E-state index in [9.17, 15) is 4.79 Å². The molecule has 0 saturated heterocycles. The third-order valence-corrected chi connectivity index (χ3v) is 2.85. The van der Waals surface area contributed by atoms with E-state index in [0.29, 0.717) is 22.6 Å². The molecule has 5 heteroatoms. The molecule has 0 saturated carbocycles. The normalized spacial score (nSPS) is 13.3. The van der Waals surface area contributed by atoms with Crippen molar-refractivity contribution in [2.24, 2.45) is 0 Å². The van der Waals surface area contributed by atoms with E-state index in [-0.39, 0.29) is 5.78 Å². The smallest absolute Gasteiger partial charge is 0.194 e. The second kappa shape index (κ2) is 7.06. The van der Waals surface area contributed by atoms with Crippen molar-refractivity contribution in [3.05, 3.63) is 59.7 Å². The summed E-state index contributed by atoms with van der Waals surface area (Å²) in [5.74, 6) is 0.853. The Balaban J connectivity index is 2.10. The first-order valence-electron chi connectivity index (χ1n) is 6.90. The van der Waals surface area contributed by atoms with E-state index in [0.717, 1.165) is 0 Å². The maximum Gasteiger partial charge on any atom is 0.194 e. The summed E-state index contributed by atoms with van der Waals surface area (Å²) in [7, 11) is 0. The van der Waals surface area contributed by atoms with Crippen LogP contribution in [0.3, 0.4) is 0 Å². The maximum atomic E-state index is 12.3. The van der Waals surface area contributed by atoms with E-state index in [1.54, 1.807) is 48.5 Å². The fraction of sp³-hybridized carbons (Fsp3) is 0.235. The zero-order chi connectivity index (χ0) is 16.1. The summed E-state index contributed by atoms with van der Waals surface area (Å²) in [6.07, 6.45) is -1.80. The molecule has 116 valence electrons. The van der Waals surface area contributed by atoms with Gasteiger partial charge in [0.05, 0.1) is 0 Å². The lowest BCUT2D eigenvalue weighted by Crippen LogP contribution is -2.10. The quantitative estimate of drug-likeness (QED) is 0.633. The molecule has 0 aromatic heterocycles. The number of aliphatic hydroxyl groups excluding tert-OH is 2. The second-order valence-corrected chi connectivity index (χ2v) is 4.81. The van der Waals surface area contributed by atoms with Crippen molar-refractivity contribution in [1.29, 1.82) is 0 Å². The Morgan fingerprint density at radius 1 is 0.773 bits per heavy atom. The molecule has 0 aliphatic rings. The van der Waals surface area contributed by atoms with E-state index >= 15 is 0 Å². The van der Waals surface area contributed by atoms with E-state index in [4.69, 9.17) is 19.7 Å². The first kappa shape index (κ1) is 16.0. The van der Waals surface area contributed by atoms with Crippen molar-refractivity contribution >= 4 is 5.78 Å². The Hall–Kier alpha value is -2.37. The van der Waals surface area contributed by atoms with Crippen LogP contribution in [0.1, 0.15) is 29.8 Å². The summed E-state index contributed by atoms with van der Waals surface area (Å²) in [6.45, 7) is 3.02. The van der Waals surface area contributed by atoms with Gasteiger partial charge < -0.3 is 19.7 Å². The van der Waals surface area contributed by atoms with Crippen LogP contribution in [0, 0.1) is 0 Å². The van der Waals surface area contributed by atoms with Gasteiger partial charge in [-0.3, -0.25) is 4.79 Å². The molecule has 0 amide bonds. The number of hydrogen-bond acceptors (Lipinski definition) is 5. The largest absolute Gasteiger partial charge is 0.465 e. The molecule has 22 heavy (non-hydrogen) atoms. The number of hydrogen-bond donors (Lipinski definition) is 2. The topological polar surface area (TPSA) is 76.0 Å². The molecule has 0 fully saturated rings. The lowest BCUT2D eigenvalue weighted by atomic mass is 10.0. The molecule has 2 N–H and O–H groups in total. The average Bonchev–Trinajstić information content (AvgIpc) is 2.47. The molecule has 0 spiro atoms. The molecular weight excluding hydrogens is 284 g/mol.